The molecule has 5 nitrogen and oxygen atoms in total. The zero-order valence-corrected chi connectivity index (χ0v) is 16.0. The van der Waals surface area contributed by atoms with E-state index in [0.29, 0.717) is 12.4 Å². The van der Waals surface area contributed by atoms with Crippen molar-refractivity contribution in [2.45, 2.75) is 22.9 Å². The van der Waals surface area contributed by atoms with Gasteiger partial charge in [-0.25, -0.2) is 9.97 Å². The average molecular weight is 387 g/mol. The number of aryl methyl sites for hydroxylation is 1. The molecule has 8 heteroatoms. The number of benzene rings is 1. The number of ether oxygens (including phenoxy) is 1. The first-order chi connectivity index (χ1) is 12.2. The van der Waals surface area contributed by atoms with E-state index in [1.807, 2.05) is 25.1 Å². The molecule has 0 N–H and O–H groups in total. The van der Waals surface area contributed by atoms with Crippen molar-refractivity contribution in [2.75, 3.05) is 7.11 Å². The van der Waals surface area contributed by atoms with Crippen molar-refractivity contribution >= 4 is 44.7 Å². The molecule has 3 heterocycles. The van der Waals surface area contributed by atoms with E-state index in [-0.39, 0.29) is 0 Å². The van der Waals surface area contributed by atoms with Crippen LogP contribution in [0.3, 0.4) is 0 Å². The van der Waals surface area contributed by atoms with E-state index in [1.54, 1.807) is 29.8 Å². The SMILES string of the molecule is COCc1nc(Sc2nnc(C)s2)c2c(-c3ccccc3)csc2n1. The summed E-state index contributed by atoms with van der Waals surface area (Å²) < 4.78 is 6.10. The second-order valence-corrected chi connectivity index (χ2v) is 8.54. The fraction of sp³-hybridized carbons (Fsp3) is 0.176. The van der Waals surface area contributed by atoms with Crippen LogP contribution in [0.25, 0.3) is 21.3 Å². The highest BCUT2D eigenvalue weighted by atomic mass is 32.2. The van der Waals surface area contributed by atoms with Crippen LogP contribution in [-0.2, 0) is 11.3 Å². The van der Waals surface area contributed by atoms with Gasteiger partial charge in [-0.05, 0) is 24.2 Å². The van der Waals surface area contributed by atoms with Gasteiger partial charge in [0.15, 0.2) is 10.2 Å². The van der Waals surface area contributed by atoms with Crippen LogP contribution < -0.4 is 0 Å². The molecule has 0 aliphatic heterocycles. The molecule has 0 saturated heterocycles. The topological polar surface area (TPSA) is 60.8 Å². The molecule has 1 aromatic carbocycles. The predicted octanol–water partition coefficient (Wildman–Crippen LogP) is 4.82. The molecule has 0 spiro atoms. The van der Waals surface area contributed by atoms with Crippen LogP contribution in [-0.4, -0.2) is 27.3 Å². The molecule has 0 aliphatic rings. The fourth-order valence-electron chi connectivity index (χ4n) is 2.45. The number of methoxy groups -OCH3 is 1. The molecule has 0 fully saturated rings. The highest BCUT2D eigenvalue weighted by Crippen LogP contribution is 2.41. The van der Waals surface area contributed by atoms with Gasteiger partial charge >= 0.3 is 0 Å². The summed E-state index contributed by atoms with van der Waals surface area (Å²) in [5.41, 5.74) is 2.31. The van der Waals surface area contributed by atoms with Gasteiger partial charge in [0.25, 0.3) is 0 Å². The molecule has 4 rings (SSSR count). The molecular weight excluding hydrogens is 372 g/mol. The molecule has 3 aromatic heterocycles. The van der Waals surface area contributed by atoms with Crippen molar-refractivity contribution in [3.05, 3.63) is 46.5 Å². The van der Waals surface area contributed by atoms with Crippen LogP contribution in [0.15, 0.2) is 45.1 Å². The molecule has 0 amide bonds. The Morgan fingerprint density at radius 3 is 2.68 bits per heavy atom. The smallest absolute Gasteiger partial charge is 0.180 e. The molecule has 0 bridgehead atoms. The summed E-state index contributed by atoms with van der Waals surface area (Å²) in [6.45, 7) is 2.34. The first kappa shape index (κ1) is 16.6. The van der Waals surface area contributed by atoms with Crippen LogP contribution >= 0.6 is 34.4 Å². The molecular formula is C17H14N4OS3. The lowest BCUT2D eigenvalue weighted by molar-refractivity contribution is 0.177. The summed E-state index contributed by atoms with van der Waals surface area (Å²) in [5.74, 6) is 0.681. The van der Waals surface area contributed by atoms with Gasteiger partial charge in [0.05, 0.1) is 5.39 Å². The minimum Gasteiger partial charge on any atom is -0.377 e. The summed E-state index contributed by atoms with van der Waals surface area (Å²) >= 11 is 4.73. The van der Waals surface area contributed by atoms with E-state index in [2.05, 4.69) is 32.7 Å². The van der Waals surface area contributed by atoms with Crippen LogP contribution in [0.4, 0.5) is 0 Å². The van der Waals surface area contributed by atoms with E-state index in [1.165, 1.54) is 11.8 Å². The van der Waals surface area contributed by atoms with Crippen molar-refractivity contribution < 1.29 is 4.74 Å². The third kappa shape index (κ3) is 3.43. The number of aromatic nitrogens is 4. The van der Waals surface area contributed by atoms with Crippen LogP contribution in [0.5, 0.6) is 0 Å². The molecule has 25 heavy (non-hydrogen) atoms. The van der Waals surface area contributed by atoms with Crippen LogP contribution in [0.1, 0.15) is 10.8 Å². The Morgan fingerprint density at radius 2 is 1.96 bits per heavy atom. The quantitative estimate of drug-likeness (QED) is 0.459. The Balaban J connectivity index is 1.88. The number of thiophene rings is 1. The standard InChI is InChI=1S/C17H14N4OS3/c1-10-20-21-17(24-10)25-16-14-12(11-6-4-3-5-7-11)9-23-15(14)18-13(19-16)8-22-2/h3-7,9H,8H2,1-2H3. The van der Waals surface area contributed by atoms with Crippen molar-refractivity contribution in [3.8, 4) is 11.1 Å². The Morgan fingerprint density at radius 1 is 1.12 bits per heavy atom. The summed E-state index contributed by atoms with van der Waals surface area (Å²) in [7, 11) is 1.65. The van der Waals surface area contributed by atoms with Gasteiger partial charge < -0.3 is 4.74 Å². The Labute approximate surface area is 157 Å². The Bertz CT molecular complexity index is 1010. The molecule has 126 valence electrons. The Kier molecular flexibility index (Phi) is 4.76. The normalized spacial score (nSPS) is 11.3. The maximum Gasteiger partial charge on any atom is 0.180 e. The predicted molar refractivity (Wildman–Crippen MR) is 102 cm³/mol. The summed E-state index contributed by atoms with van der Waals surface area (Å²) in [6.07, 6.45) is 0. The second kappa shape index (κ2) is 7.17. The minimum absolute atomic E-state index is 0.386. The molecule has 0 unspecified atom stereocenters. The lowest BCUT2D eigenvalue weighted by Crippen LogP contribution is -1.98. The van der Waals surface area contributed by atoms with E-state index in [0.717, 1.165) is 35.7 Å². The van der Waals surface area contributed by atoms with E-state index in [4.69, 9.17) is 9.72 Å². The van der Waals surface area contributed by atoms with Crippen LogP contribution in [0, 0.1) is 6.92 Å². The monoisotopic (exact) mass is 386 g/mol. The summed E-state index contributed by atoms with van der Waals surface area (Å²) in [4.78, 5) is 10.3. The zero-order valence-electron chi connectivity index (χ0n) is 13.6. The van der Waals surface area contributed by atoms with Gasteiger partial charge in [-0.15, -0.1) is 21.5 Å². The fourth-order valence-corrected chi connectivity index (χ4v) is 5.37. The van der Waals surface area contributed by atoms with Gasteiger partial charge in [0.1, 0.15) is 21.5 Å². The second-order valence-electron chi connectivity index (χ2n) is 5.26. The first-order valence-electron chi connectivity index (χ1n) is 7.55. The molecule has 4 aromatic rings. The van der Waals surface area contributed by atoms with Gasteiger partial charge in [-0.1, -0.05) is 41.7 Å². The summed E-state index contributed by atoms with van der Waals surface area (Å²) in [6, 6.07) is 10.3. The number of rotatable bonds is 5. The van der Waals surface area contributed by atoms with E-state index >= 15 is 0 Å². The van der Waals surface area contributed by atoms with E-state index in [9.17, 15) is 0 Å². The first-order valence-corrected chi connectivity index (χ1v) is 10.1. The van der Waals surface area contributed by atoms with Crippen molar-refractivity contribution in [3.63, 3.8) is 0 Å². The van der Waals surface area contributed by atoms with Gasteiger partial charge in [0.2, 0.25) is 0 Å². The van der Waals surface area contributed by atoms with Crippen molar-refractivity contribution in [1.29, 1.82) is 0 Å². The summed E-state index contributed by atoms with van der Waals surface area (Å²) in [5, 5.41) is 13.4. The van der Waals surface area contributed by atoms with Crippen molar-refractivity contribution in [2.24, 2.45) is 0 Å². The average Bonchev–Trinajstić information content (AvgIpc) is 3.22. The van der Waals surface area contributed by atoms with Crippen molar-refractivity contribution in [1.82, 2.24) is 20.2 Å². The number of fused-ring (bicyclic) bond motifs is 1. The van der Waals surface area contributed by atoms with Gasteiger partial charge in [-0.2, -0.15) is 0 Å². The molecule has 0 atom stereocenters. The number of nitrogens with zero attached hydrogens (tertiary/aromatic N) is 4. The lowest BCUT2D eigenvalue weighted by Gasteiger charge is -2.06. The number of hydrogen-bond acceptors (Lipinski definition) is 8. The van der Waals surface area contributed by atoms with E-state index < -0.39 is 0 Å². The molecule has 0 saturated carbocycles. The molecule has 0 aliphatic carbocycles. The largest absolute Gasteiger partial charge is 0.377 e. The third-order valence-electron chi connectivity index (χ3n) is 3.50. The zero-order chi connectivity index (χ0) is 17.2. The van der Waals surface area contributed by atoms with Crippen LogP contribution in [0.2, 0.25) is 0 Å². The third-order valence-corrected chi connectivity index (χ3v) is 6.25. The highest BCUT2D eigenvalue weighted by molar-refractivity contribution is 8.01. The highest BCUT2D eigenvalue weighted by Gasteiger charge is 2.17. The molecule has 0 radical (unpaired) electrons. The number of hydrogen-bond donors (Lipinski definition) is 0. The lowest BCUT2D eigenvalue weighted by atomic mass is 10.1. The van der Waals surface area contributed by atoms with Gasteiger partial charge in [0, 0.05) is 18.1 Å². The maximum absolute atomic E-state index is 5.22. The Hall–Kier alpha value is -1.87. The minimum atomic E-state index is 0.386. The van der Waals surface area contributed by atoms with Gasteiger partial charge in [-0.3, -0.25) is 0 Å². The maximum atomic E-state index is 5.22.